The van der Waals surface area contributed by atoms with E-state index in [1.54, 1.807) is 5.56 Å². The molecule has 4 unspecified atom stereocenters. The number of fused-ring (bicyclic) bond motifs is 5. The Hall–Kier alpha value is -1.31. The Kier molecular flexibility index (Phi) is 5.03. The first kappa shape index (κ1) is 17.5. The summed E-state index contributed by atoms with van der Waals surface area (Å²) < 4.78 is 0. The van der Waals surface area contributed by atoms with Crippen LogP contribution < -0.4 is 0 Å². The molecule has 2 heteroatoms. The van der Waals surface area contributed by atoms with Crippen molar-refractivity contribution in [3.8, 4) is 5.75 Å². The van der Waals surface area contributed by atoms with Crippen LogP contribution in [0.5, 0.6) is 5.75 Å². The van der Waals surface area contributed by atoms with Crippen molar-refractivity contribution < 1.29 is 9.90 Å². The van der Waals surface area contributed by atoms with E-state index in [0.717, 1.165) is 30.0 Å². The number of hydrogen-bond donors (Lipinski definition) is 1. The predicted octanol–water partition coefficient (Wildman–Crippen LogP) is 5.26. The van der Waals surface area contributed by atoms with Crippen molar-refractivity contribution in [1.29, 1.82) is 0 Å². The SMILES string of the molecule is CC1CCC2C1CC[C@]1(C)c3ccc(O)cc3CCC21.CCC=O. The summed E-state index contributed by atoms with van der Waals surface area (Å²) in [7, 11) is 0. The van der Waals surface area contributed by atoms with Crippen LogP contribution in [0.3, 0.4) is 0 Å². The summed E-state index contributed by atoms with van der Waals surface area (Å²) in [6.07, 6.45) is 9.69. The summed E-state index contributed by atoms with van der Waals surface area (Å²) in [6.45, 7) is 6.79. The number of hydrogen-bond acceptors (Lipinski definition) is 2. The molecule has 3 aliphatic carbocycles. The van der Waals surface area contributed by atoms with Gasteiger partial charge in [0.1, 0.15) is 12.0 Å². The summed E-state index contributed by atoms with van der Waals surface area (Å²) in [5.41, 5.74) is 3.32. The third-order valence-corrected chi connectivity index (χ3v) is 7.16. The van der Waals surface area contributed by atoms with Crippen LogP contribution in [0, 0.1) is 23.7 Å². The van der Waals surface area contributed by atoms with Crippen molar-refractivity contribution >= 4 is 6.29 Å². The van der Waals surface area contributed by atoms with E-state index in [4.69, 9.17) is 0 Å². The van der Waals surface area contributed by atoms with E-state index in [2.05, 4.69) is 19.9 Å². The van der Waals surface area contributed by atoms with Gasteiger partial charge in [-0.2, -0.15) is 0 Å². The lowest BCUT2D eigenvalue weighted by molar-refractivity contribution is -0.107. The van der Waals surface area contributed by atoms with Gasteiger partial charge in [-0.15, -0.1) is 0 Å². The maximum Gasteiger partial charge on any atom is 0.119 e. The Labute approximate surface area is 146 Å². The first-order chi connectivity index (χ1) is 11.5. The molecule has 3 aliphatic rings. The second-order valence-electron chi connectivity index (χ2n) is 8.40. The molecule has 2 saturated carbocycles. The number of aryl methyl sites for hydroxylation is 1. The molecule has 0 bridgehead atoms. The molecular formula is C22H32O2. The second-order valence-corrected chi connectivity index (χ2v) is 8.40. The molecule has 2 fully saturated rings. The largest absolute Gasteiger partial charge is 0.508 e. The lowest BCUT2D eigenvalue weighted by Crippen LogP contribution is -2.46. The number of rotatable bonds is 1. The zero-order valence-corrected chi connectivity index (χ0v) is 15.4. The van der Waals surface area contributed by atoms with Crippen LogP contribution in [0.15, 0.2) is 18.2 Å². The molecule has 0 aromatic heterocycles. The van der Waals surface area contributed by atoms with Crippen molar-refractivity contribution in [2.75, 3.05) is 0 Å². The van der Waals surface area contributed by atoms with Gasteiger partial charge in [0.15, 0.2) is 0 Å². The van der Waals surface area contributed by atoms with Crippen LogP contribution in [-0.2, 0) is 16.6 Å². The minimum atomic E-state index is 0.368. The van der Waals surface area contributed by atoms with Gasteiger partial charge in [-0.3, -0.25) is 0 Å². The van der Waals surface area contributed by atoms with Crippen molar-refractivity contribution in [2.24, 2.45) is 23.7 Å². The number of aldehydes is 1. The monoisotopic (exact) mass is 328 g/mol. The van der Waals surface area contributed by atoms with Gasteiger partial charge in [-0.25, -0.2) is 0 Å². The van der Waals surface area contributed by atoms with Gasteiger partial charge in [-0.05, 0) is 84.5 Å². The van der Waals surface area contributed by atoms with Crippen molar-refractivity contribution in [3.63, 3.8) is 0 Å². The Morgan fingerprint density at radius 2 is 1.96 bits per heavy atom. The normalized spacial score (nSPS) is 36.6. The lowest BCUT2D eigenvalue weighted by atomic mass is 9.52. The number of phenolic OH excluding ortho intramolecular Hbond substituents is 1. The van der Waals surface area contributed by atoms with Gasteiger partial charge in [0.25, 0.3) is 0 Å². The lowest BCUT2D eigenvalue weighted by Gasteiger charge is -2.52. The first-order valence-corrected chi connectivity index (χ1v) is 9.77. The minimum absolute atomic E-state index is 0.368. The third kappa shape index (κ3) is 2.89. The smallest absolute Gasteiger partial charge is 0.119 e. The van der Waals surface area contributed by atoms with Gasteiger partial charge < -0.3 is 9.90 Å². The number of aromatic hydroxyl groups is 1. The van der Waals surface area contributed by atoms with Gasteiger partial charge >= 0.3 is 0 Å². The summed E-state index contributed by atoms with van der Waals surface area (Å²) >= 11 is 0. The van der Waals surface area contributed by atoms with Crippen LogP contribution in [-0.4, -0.2) is 11.4 Å². The van der Waals surface area contributed by atoms with E-state index in [-0.39, 0.29) is 0 Å². The maximum absolute atomic E-state index is 9.75. The molecule has 4 rings (SSSR count). The number of benzene rings is 1. The van der Waals surface area contributed by atoms with E-state index in [1.165, 1.54) is 44.1 Å². The highest BCUT2D eigenvalue weighted by atomic mass is 16.3. The third-order valence-electron chi connectivity index (χ3n) is 7.16. The molecule has 1 aromatic rings. The Morgan fingerprint density at radius 1 is 1.21 bits per heavy atom. The van der Waals surface area contributed by atoms with E-state index >= 15 is 0 Å². The van der Waals surface area contributed by atoms with Gasteiger partial charge in [0.05, 0.1) is 0 Å². The van der Waals surface area contributed by atoms with E-state index < -0.39 is 0 Å². The molecule has 5 atom stereocenters. The Morgan fingerprint density at radius 3 is 2.67 bits per heavy atom. The molecular weight excluding hydrogens is 296 g/mol. The molecule has 0 aliphatic heterocycles. The van der Waals surface area contributed by atoms with Crippen LogP contribution in [0.1, 0.15) is 70.4 Å². The molecule has 0 radical (unpaired) electrons. The molecule has 0 heterocycles. The van der Waals surface area contributed by atoms with E-state index in [9.17, 15) is 9.90 Å². The molecule has 132 valence electrons. The molecule has 0 spiro atoms. The number of carbonyl (C=O) groups is 1. The standard InChI is InChI=1S/C19H26O.C3H6O/c1-12-3-6-16-15(12)9-10-19(2)17-8-5-14(20)11-13(17)4-7-18(16)19;1-2-3-4/h5,8,11-12,15-16,18,20H,3-4,6-7,9-10H2,1-2H3;3H,2H2,1H3/t12?,15?,16?,18?,19-;/m1./s1. The van der Waals surface area contributed by atoms with Gasteiger partial charge in [-0.1, -0.05) is 33.3 Å². The topological polar surface area (TPSA) is 37.3 Å². The molecule has 0 amide bonds. The van der Waals surface area contributed by atoms with Crippen LogP contribution in [0.2, 0.25) is 0 Å². The zero-order valence-electron chi connectivity index (χ0n) is 15.4. The Bertz CT molecular complexity index is 594. The average molecular weight is 328 g/mol. The number of carbonyl (C=O) groups excluding carboxylic acids is 1. The first-order valence-electron chi connectivity index (χ1n) is 9.77. The van der Waals surface area contributed by atoms with Crippen LogP contribution in [0.4, 0.5) is 0 Å². The Balaban J connectivity index is 0.000000383. The van der Waals surface area contributed by atoms with Crippen LogP contribution in [0.25, 0.3) is 0 Å². The molecule has 1 aromatic carbocycles. The fourth-order valence-corrected chi connectivity index (χ4v) is 5.95. The maximum atomic E-state index is 9.75. The molecule has 0 saturated heterocycles. The highest BCUT2D eigenvalue weighted by Gasteiger charge is 2.52. The molecule has 2 nitrogen and oxygen atoms in total. The fourth-order valence-electron chi connectivity index (χ4n) is 5.95. The van der Waals surface area contributed by atoms with Gasteiger partial charge in [0, 0.05) is 6.42 Å². The minimum Gasteiger partial charge on any atom is -0.508 e. The fraction of sp³-hybridized carbons (Fsp3) is 0.682. The van der Waals surface area contributed by atoms with Crippen LogP contribution >= 0.6 is 0 Å². The number of phenols is 1. The van der Waals surface area contributed by atoms with Crippen molar-refractivity contribution in [1.82, 2.24) is 0 Å². The molecule has 1 N–H and O–H groups in total. The van der Waals surface area contributed by atoms with E-state index in [0.29, 0.717) is 17.6 Å². The van der Waals surface area contributed by atoms with Crippen molar-refractivity contribution in [2.45, 2.75) is 71.1 Å². The summed E-state index contributed by atoms with van der Waals surface area (Å²) in [5.74, 6) is 4.22. The summed E-state index contributed by atoms with van der Waals surface area (Å²) in [6, 6.07) is 6.13. The zero-order chi connectivity index (χ0) is 17.3. The highest BCUT2D eigenvalue weighted by Crippen LogP contribution is 2.59. The van der Waals surface area contributed by atoms with Gasteiger partial charge in [0.2, 0.25) is 0 Å². The molecule has 24 heavy (non-hydrogen) atoms. The van der Waals surface area contributed by atoms with E-state index in [1.807, 2.05) is 19.1 Å². The highest BCUT2D eigenvalue weighted by molar-refractivity contribution is 5.48. The summed E-state index contributed by atoms with van der Waals surface area (Å²) in [4.78, 5) is 9.17. The second kappa shape index (κ2) is 6.90. The summed E-state index contributed by atoms with van der Waals surface area (Å²) in [5, 5.41) is 9.75. The predicted molar refractivity (Wildman–Crippen MR) is 98.2 cm³/mol. The average Bonchev–Trinajstić information content (AvgIpc) is 2.95. The quantitative estimate of drug-likeness (QED) is 0.714. The van der Waals surface area contributed by atoms with Crippen molar-refractivity contribution in [3.05, 3.63) is 29.3 Å².